The Hall–Kier alpha value is -2.52. The number of rotatable bonds is 8. The molecule has 1 aliphatic rings. The van der Waals surface area contributed by atoms with Crippen LogP contribution in [0.2, 0.25) is 0 Å². The van der Waals surface area contributed by atoms with Crippen LogP contribution in [0.15, 0.2) is 42.5 Å². The Kier molecular flexibility index (Phi) is 7.43. The van der Waals surface area contributed by atoms with Crippen LogP contribution >= 0.6 is 12.2 Å². The Morgan fingerprint density at radius 3 is 2.42 bits per heavy atom. The SMILES string of the molecule is CCc1cc([C@@H](CC)NC(=O)C2CC2(C)c2ccc(C(F)(F)F)cc2)ccc1C(=O)OSN. The number of nitrogens with two attached hydrogens (primary N) is 1. The standard InChI is InChI=1S/C24H27F3N2O3S/c1-4-14-12-15(6-11-18(14)22(31)32-33-28)20(5-2)29-21(30)19-13-23(19,3)16-7-9-17(10-8-16)24(25,26)27/h6-12,19-20H,4-5,13,28H2,1-3H3,(H,29,30)/t19?,20-,23?/m1/s1. The average Bonchev–Trinajstić information content (AvgIpc) is 3.49. The molecule has 0 aromatic heterocycles. The Bertz CT molecular complexity index is 1030. The van der Waals surface area contributed by atoms with Crippen LogP contribution in [0.1, 0.15) is 72.3 Å². The lowest BCUT2D eigenvalue weighted by Crippen LogP contribution is -2.31. The van der Waals surface area contributed by atoms with Crippen LogP contribution < -0.4 is 10.5 Å². The smallest absolute Gasteiger partial charge is 0.371 e. The summed E-state index contributed by atoms with van der Waals surface area (Å²) in [6.45, 7) is 5.77. The quantitative estimate of drug-likeness (QED) is 0.386. The van der Waals surface area contributed by atoms with Crippen molar-refractivity contribution in [2.24, 2.45) is 11.1 Å². The van der Waals surface area contributed by atoms with E-state index in [0.29, 0.717) is 37.1 Å². The van der Waals surface area contributed by atoms with E-state index in [2.05, 4.69) is 5.32 Å². The molecule has 2 aromatic carbocycles. The van der Waals surface area contributed by atoms with Crippen molar-refractivity contribution >= 4 is 24.1 Å². The molecule has 3 rings (SSSR count). The van der Waals surface area contributed by atoms with Crippen molar-refractivity contribution in [3.8, 4) is 0 Å². The third kappa shape index (κ3) is 5.35. The van der Waals surface area contributed by atoms with Crippen molar-refractivity contribution in [3.05, 3.63) is 70.3 Å². The second-order valence-electron chi connectivity index (χ2n) is 8.46. The van der Waals surface area contributed by atoms with Crippen molar-refractivity contribution in [2.75, 3.05) is 0 Å². The van der Waals surface area contributed by atoms with E-state index in [1.807, 2.05) is 26.8 Å². The van der Waals surface area contributed by atoms with Gasteiger partial charge >= 0.3 is 12.1 Å². The van der Waals surface area contributed by atoms with Crippen molar-refractivity contribution in [1.82, 2.24) is 5.32 Å². The van der Waals surface area contributed by atoms with Gasteiger partial charge in [0.25, 0.3) is 0 Å². The summed E-state index contributed by atoms with van der Waals surface area (Å²) >= 11 is 0.495. The summed E-state index contributed by atoms with van der Waals surface area (Å²) in [7, 11) is 0. The summed E-state index contributed by atoms with van der Waals surface area (Å²) in [5.41, 5.74) is 1.62. The fourth-order valence-corrected chi connectivity index (χ4v) is 4.39. The van der Waals surface area contributed by atoms with Gasteiger partial charge in [0, 0.05) is 11.3 Å². The third-order valence-electron chi connectivity index (χ3n) is 6.41. The molecular weight excluding hydrogens is 453 g/mol. The van der Waals surface area contributed by atoms with Gasteiger partial charge in [-0.2, -0.15) is 13.2 Å². The highest BCUT2D eigenvalue weighted by atomic mass is 32.2. The molecule has 5 nitrogen and oxygen atoms in total. The molecule has 0 spiro atoms. The van der Waals surface area contributed by atoms with E-state index in [0.717, 1.165) is 28.8 Å². The van der Waals surface area contributed by atoms with Crippen molar-refractivity contribution in [2.45, 2.75) is 57.7 Å². The van der Waals surface area contributed by atoms with Gasteiger partial charge in [0.1, 0.15) is 12.2 Å². The maximum atomic E-state index is 13.0. The molecule has 178 valence electrons. The van der Waals surface area contributed by atoms with Crippen LogP contribution in [0.25, 0.3) is 0 Å². The van der Waals surface area contributed by atoms with Gasteiger partial charge < -0.3 is 9.50 Å². The lowest BCUT2D eigenvalue weighted by atomic mass is 9.93. The van der Waals surface area contributed by atoms with Gasteiger partial charge in [0.2, 0.25) is 5.91 Å². The fraction of sp³-hybridized carbons (Fsp3) is 0.417. The minimum atomic E-state index is -4.39. The first-order valence-corrected chi connectivity index (χ1v) is 11.5. The van der Waals surface area contributed by atoms with Gasteiger partial charge in [-0.1, -0.05) is 45.0 Å². The molecular formula is C24H27F3N2O3S. The second-order valence-corrected chi connectivity index (χ2v) is 8.81. The van der Waals surface area contributed by atoms with Crippen LogP contribution in [0.4, 0.5) is 13.2 Å². The summed E-state index contributed by atoms with van der Waals surface area (Å²) in [5, 5.41) is 8.28. The number of hydrogen-bond acceptors (Lipinski definition) is 5. The molecule has 9 heteroatoms. The maximum absolute atomic E-state index is 13.0. The molecule has 0 heterocycles. The third-order valence-corrected chi connectivity index (χ3v) is 6.65. The largest absolute Gasteiger partial charge is 0.416 e. The first kappa shape index (κ1) is 25.1. The molecule has 0 bridgehead atoms. The van der Waals surface area contributed by atoms with Gasteiger partial charge in [0.15, 0.2) is 0 Å². The number of alkyl halides is 3. The molecule has 1 fully saturated rings. The minimum absolute atomic E-state index is 0.134. The first-order valence-electron chi connectivity index (χ1n) is 10.7. The molecule has 0 radical (unpaired) electrons. The summed E-state index contributed by atoms with van der Waals surface area (Å²) in [6, 6.07) is 10.1. The highest BCUT2D eigenvalue weighted by molar-refractivity contribution is 7.92. The summed E-state index contributed by atoms with van der Waals surface area (Å²) in [6.07, 6.45) is -2.57. The molecule has 0 saturated heterocycles. The minimum Gasteiger partial charge on any atom is -0.371 e. The highest BCUT2D eigenvalue weighted by Gasteiger charge is 2.55. The molecule has 2 unspecified atom stereocenters. The number of benzene rings is 2. The molecule has 3 atom stereocenters. The monoisotopic (exact) mass is 480 g/mol. The lowest BCUT2D eigenvalue weighted by Gasteiger charge is -2.20. The molecule has 0 aliphatic heterocycles. The molecule has 1 saturated carbocycles. The predicted octanol–water partition coefficient (Wildman–Crippen LogP) is 5.49. The zero-order chi connectivity index (χ0) is 24.4. The van der Waals surface area contributed by atoms with E-state index in [1.165, 1.54) is 12.1 Å². The Morgan fingerprint density at radius 2 is 1.88 bits per heavy atom. The fourth-order valence-electron chi connectivity index (χ4n) is 4.21. The molecule has 3 N–H and O–H groups in total. The van der Waals surface area contributed by atoms with E-state index in [9.17, 15) is 22.8 Å². The number of nitrogens with one attached hydrogen (secondary N) is 1. The van der Waals surface area contributed by atoms with E-state index >= 15 is 0 Å². The van der Waals surface area contributed by atoms with Gasteiger partial charge in [-0.05, 0) is 54.2 Å². The summed E-state index contributed by atoms with van der Waals surface area (Å²) < 4.78 is 43.4. The van der Waals surface area contributed by atoms with E-state index in [4.69, 9.17) is 9.32 Å². The van der Waals surface area contributed by atoms with Crippen LogP contribution in [0, 0.1) is 5.92 Å². The van der Waals surface area contributed by atoms with Crippen LogP contribution in [-0.2, 0) is 27.0 Å². The van der Waals surface area contributed by atoms with Crippen LogP contribution in [-0.4, -0.2) is 11.9 Å². The van der Waals surface area contributed by atoms with Gasteiger partial charge in [-0.3, -0.25) is 4.79 Å². The zero-order valence-electron chi connectivity index (χ0n) is 18.7. The Morgan fingerprint density at radius 1 is 1.21 bits per heavy atom. The Labute approximate surface area is 195 Å². The number of carbonyl (C=O) groups is 2. The maximum Gasteiger partial charge on any atom is 0.416 e. The van der Waals surface area contributed by atoms with Crippen molar-refractivity contribution in [3.63, 3.8) is 0 Å². The van der Waals surface area contributed by atoms with E-state index < -0.39 is 23.1 Å². The zero-order valence-corrected chi connectivity index (χ0v) is 19.5. The molecule has 2 aromatic rings. The number of amides is 1. The highest BCUT2D eigenvalue weighted by Crippen LogP contribution is 2.54. The van der Waals surface area contributed by atoms with Gasteiger partial charge in [0.05, 0.1) is 17.2 Å². The summed E-state index contributed by atoms with van der Waals surface area (Å²) in [4.78, 5) is 25.1. The van der Waals surface area contributed by atoms with E-state index in [-0.39, 0.29) is 17.9 Å². The number of aryl methyl sites for hydroxylation is 1. The molecule has 1 amide bonds. The van der Waals surface area contributed by atoms with Gasteiger partial charge in [-0.25, -0.2) is 9.93 Å². The molecule has 1 aliphatic carbocycles. The number of hydrogen-bond donors (Lipinski definition) is 2. The predicted molar refractivity (Wildman–Crippen MR) is 121 cm³/mol. The first-order chi connectivity index (χ1) is 15.5. The van der Waals surface area contributed by atoms with Crippen LogP contribution in [0.5, 0.6) is 0 Å². The molecule has 33 heavy (non-hydrogen) atoms. The lowest BCUT2D eigenvalue weighted by molar-refractivity contribution is -0.137. The second kappa shape index (κ2) is 9.77. The number of carbonyl (C=O) groups excluding carboxylic acids is 2. The summed E-state index contributed by atoms with van der Waals surface area (Å²) in [5.74, 6) is -0.969. The van der Waals surface area contributed by atoms with Crippen LogP contribution in [0.3, 0.4) is 0 Å². The topological polar surface area (TPSA) is 81.4 Å². The van der Waals surface area contributed by atoms with Crippen molar-refractivity contribution in [1.29, 1.82) is 0 Å². The average molecular weight is 481 g/mol. The van der Waals surface area contributed by atoms with Gasteiger partial charge in [-0.15, -0.1) is 0 Å². The Balaban J connectivity index is 1.72. The van der Waals surface area contributed by atoms with E-state index in [1.54, 1.807) is 12.1 Å². The van der Waals surface area contributed by atoms with Crippen molar-refractivity contribution < 1.29 is 26.9 Å². The normalized spacial score (nSPS) is 20.8. The number of halogens is 3.